The van der Waals surface area contributed by atoms with Crippen LogP contribution >= 0.6 is 0 Å². The third-order valence-electron chi connectivity index (χ3n) is 5.85. The van der Waals surface area contributed by atoms with Gasteiger partial charge < -0.3 is 31.6 Å². The fraction of sp³-hybridized carbons (Fsp3) is 0.120. The maximum absolute atomic E-state index is 6.21. The smallest absolute Gasteiger partial charge is 0.231 e. The molecular formula is C25H22N8O2. The van der Waals surface area contributed by atoms with Gasteiger partial charge in [0.1, 0.15) is 5.69 Å². The lowest BCUT2D eigenvalue weighted by molar-refractivity contribution is 0.174. The number of nitrogens with one attached hydrogen (secondary N) is 2. The van der Waals surface area contributed by atoms with Crippen LogP contribution in [0.4, 0.5) is 34.6 Å². The second-order valence-electron chi connectivity index (χ2n) is 8.18. The summed E-state index contributed by atoms with van der Waals surface area (Å²) in [6.07, 6.45) is 4.05. The molecule has 1 atom stereocenters. The van der Waals surface area contributed by atoms with Crippen molar-refractivity contribution in [3.05, 3.63) is 78.1 Å². The first kappa shape index (κ1) is 20.7. The Morgan fingerprint density at radius 2 is 1.77 bits per heavy atom. The molecule has 0 bridgehead atoms. The molecule has 0 fully saturated rings. The summed E-state index contributed by atoms with van der Waals surface area (Å²) in [4.78, 5) is 17.5. The van der Waals surface area contributed by atoms with E-state index in [9.17, 15) is 0 Å². The standard InChI is InChI=1S/C25H22N8O2/c26-23-22-24(33-25(27)32-23)31-19(15-4-5-20-21(11-15)35-13-34-20)12-18(30-22)14-2-1-3-17(10-14)29-16-6-8-28-9-7-16/h1-11,19H,12-13H2,(H,28,29)(H5,26,27,31,32,33). The number of aromatic nitrogens is 3. The van der Waals surface area contributed by atoms with E-state index in [4.69, 9.17) is 25.9 Å². The molecule has 0 amide bonds. The van der Waals surface area contributed by atoms with Crippen LogP contribution < -0.4 is 31.6 Å². The molecule has 10 nitrogen and oxygen atoms in total. The Labute approximate surface area is 201 Å². The van der Waals surface area contributed by atoms with E-state index < -0.39 is 0 Å². The molecular weight excluding hydrogens is 444 g/mol. The lowest BCUT2D eigenvalue weighted by Crippen LogP contribution is -2.15. The van der Waals surface area contributed by atoms with Crippen molar-refractivity contribution in [1.82, 2.24) is 15.0 Å². The average Bonchev–Trinajstić information content (AvgIpc) is 3.24. The lowest BCUT2D eigenvalue weighted by Gasteiger charge is -2.19. The van der Waals surface area contributed by atoms with Gasteiger partial charge in [-0.3, -0.25) is 4.98 Å². The molecule has 2 aromatic carbocycles. The van der Waals surface area contributed by atoms with Gasteiger partial charge in [-0.1, -0.05) is 18.2 Å². The number of anilines is 5. The molecule has 6 rings (SSSR count). The summed E-state index contributed by atoms with van der Waals surface area (Å²) in [6.45, 7) is 0.212. The molecule has 4 heterocycles. The first-order chi connectivity index (χ1) is 17.1. The minimum Gasteiger partial charge on any atom is -0.454 e. The van der Waals surface area contributed by atoms with Gasteiger partial charge in [-0.2, -0.15) is 9.97 Å². The lowest BCUT2D eigenvalue weighted by atomic mass is 9.97. The summed E-state index contributed by atoms with van der Waals surface area (Å²) < 4.78 is 11.1. The molecule has 10 heteroatoms. The van der Waals surface area contributed by atoms with Crippen LogP contribution in [0.5, 0.6) is 11.5 Å². The number of benzene rings is 2. The van der Waals surface area contributed by atoms with Crippen LogP contribution in [0.3, 0.4) is 0 Å². The Kier molecular flexibility index (Phi) is 5.03. The topological polar surface area (TPSA) is 146 Å². The Bertz CT molecular complexity index is 1440. The van der Waals surface area contributed by atoms with E-state index in [1.54, 1.807) is 12.4 Å². The zero-order chi connectivity index (χ0) is 23.8. The van der Waals surface area contributed by atoms with E-state index in [0.29, 0.717) is 23.7 Å². The summed E-state index contributed by atoms with van der Waals surface area (Å²) in [7, 11) is 0. The van der Waals surface area contributed by atoms with E-state index in [1.807, 2.05) is 48.5 Å². The van der Waals surface area contributed by atoms with E-state index >= 15 is 0 Å². The Morgan fingerprint density at radius 1 is 0.914 bits per heavy atom. The normalized spacial score (nSPS) is 16.0. The van der Waals surface area contributed by atoms with Gasteiger partial charge in [0.15, 0.2) is 23.1 Å². The number of hydrogen-bond acceptors (Lipinski definition) is 10. The molecule has 6 N–H and O–H groups in total. The average molecular weight is 467 g/mol. The highest BCUT2D eigenvalue weighted by atomic mass is 16.7. The van der Waals surface area contributed by atoms with Crippen LogP contribution in [0.25, 0.3) is 0 Å². The SMILES string of the molecule is Nc1nc(N)c2c(n1)NC(c1ccc3c(c1)OCO3)CC(c1cccc(Nc3ccncc3)c1)=N2. The summed E-state index contributed by atoms with van der Waals surface area (Å²) in [5.41, 5.74) is 17.2. The number of fused-ring (bicyclic) bond motifs is 2. The fourth-order valence-electron chi connectivity index (χ4n) is 4.18. The number of rotatable bonds is 4. The summed E-state index contributed by atoms with van der Waals surface area (Å²) in [5, 5.41) is 6.86. The van der Waals surface area contributed by atoms with Crippen LogP contribution in [0.15, 0.2) is 72.0 Å². The van der Waals surface area contributed by atoms with Crippen molar-refractivity contribution in [3.8, 4) is 11.5 Å². The zero-order valence-corrected chi connectivity index (χ0v) is 18.6. The molecule has 0 saturated carbocycles. The predicted octanol–water partition coefficient (Wildman–Crippen LogP) is 4.19. The highest BCUT2D eigenvalue weighted by Gasteiger charge is 2.26. The maximum atomic E-state index is 6.21. The number of nitrogens with zero attached hydrogens (tertiary/aromatic N) is 4. The second-order valence-corrected chi connectivity index (χ2v) is 8.18. The first-order valence-electron chi connectivity index (χ1n) is 11.1. The van der Waals surface area contributed by atoms with Gasteiger partial charge in [0.2, 0.25) is 12.7 Å². The van der Waals surface area contributed by atoms with Crippen LogP contribution in [0.2, 0.25) is 0 Å². The van der Waals surface area contributed by atoms with Crippen molar-refractivity contribution in [3.63, 3.8) is 0 Å². The molecule has 2 aliphatic heterocycles. The van der Waals surface area contributed by atoms with Gasteiger partial charge in [-0.15, -0.1) is 0 Å². The minimum absolute atomic E-state index is 0.0837. The summed E-state index contributed by atoms with van der Waals surface area (Å²) in [5.74, 6) is 2.22. The van der Waals surface area contributed by atoms with Gasteiger partial charge in [-0.05, 0) is 47.5 Å². The Morgan fingerprint density at radius 3 is 2.66 bits per heavy atom. The molecule has 0 aliphatic carbocycles. The number of nitrogens with two attached hydrogens (primary N) is 2. The zero-order valence-electron chi connectivity index (χ0n) is 18.6. The fourth-order valence-corrected chi connectivity index (χ4v) is 4.18. The van der Waals surface area contributed by atoms with Gasteiger partial charge in [0.05, 0.1) is 11.8 Å². The second kappa shape index (κ2) is 8.49. The number of ether oxygens (including phenoxy) is 2. The summed E-state index contributed by atoms with van der Waals surface area (Å²) in [6, 6.07) is 17.6. The highest BCUT2D eigenvalue weighted by molar-refractivity contribution is 6.05. The summed E-state index contributed by atoms with van der Waals surface area (Å²) >= 11 is 0. The maximum Gasteiger partial charge on any atom is 0.231 e. The predicted molar refractivity (Wildman–Crippen MR) is 135 cm³/mol. The molecule has 0 radical (unpaired) electrons. The van der Waals surface area contributed by atoms with Crippen molar-refractivity contribution in [1.29, 1.82) is 0 Å². The first-order valence-corrected chi connectivity index (χ1v) is 11.1. The number of hydrogen-bond donors (Lipinski definition) is 4. The molecule has 2 aliphatic rings. The number of nitrogen functional groups attached to an aromatic ring is 2. The van der Waals surface area contributed by atoms with Crippen LogP contribution in [-0.4, -0.2) is 27.5 Å². The quantitative estimate of drug-likeness (QED) is 0.348. The number of aliphatic imine (C=N–C) groups is 1. The Balaban J connectivity index is 1.41. The minimum atomic E-state index is -0.171. The third kappa shape index (κ3) is 4.12. The van der Waals surface area contributed by atoms with Crippen LogP contribution in [0.1, 0.15) is 23.6 Å². The van der Waals surface area contributed by atoms with Gasteiger partial charge in [0.25, 0.3) is 0 Å². The van der Waals surface area contributed by atoms with E-state index in [2.05, 4.69) is 31.7 Å². The van der Waals surface area contributed by atoms with Crippen LogP contribution in [0, 0.1) is 0 Å². The molecule has 1 unspecified atom stereocenters. The van der Waals surface area contributed by atoms with Crippen molar-refractivity contribution in [2.75, 3.05) is 28.9 Å². The van der Waals surface area contributed by atoms with Crippen molar-refractivity contribution in [2.24, 2.45) is 4.99 Å². The third-order valence-corrected chi connectivity index (χ3v) is 5.85. The van der Waals surface area contributed by atoms with Gasteiger partial charge >= 0.3 is 0 Å². The molecule has 0 saturated heterocycles. The van der Waals surface area contributed by atoms with Gasteiger partial charge in [0, 0.05) is 30.2 Å². The molecule has 4 aromatic rings. The van der Waals surface area contributed by atoms with Crippen molar-refractivity contribution < 1.29 is 9.47 Å². The van der Waals surface area contributed by atoms with E-state index in [-0.39, 0.29) is 24.6 Å². The van der Waals surface area contributed by atoms with Gasteiger partial charge in [-0.25, -0.2) is 4.99 Å². The monoisotopic (exact) mass is 466 g/mol. The molecule has 35 heavy (non-hydrogen) atoms. The van der Waals surface area contributed by atoms with E-state index in [1.165, 1.54) is 0 Å². The highest BCUT2D eigenvalue weighted by Crippen LogP contribution is 2.40. The largest absolute Gasteiger partial charge is 0.454 e. The number of pyridine rings is 1. The molecule has 0 spiro atoms. The molecule has 2 aromatic heterocycles. The Hall–Kier alpha value is -4.86. The molecule has 174 valence electrons. The van der Waals surface area contributed by atoms with Crippen LogP contribution in [-0.2, 0) is 0 Å². The van der Waals surface area contributed by atoms with Crippen molar-refractivity contribution >= 4 is 40.4 Å². The van der Waals surface area contributed by atoms with Crippen molar-refractivity contribution in [2.45, 2.75) is 12.5 Å². The van der Waals surface area contributed by atoms with E-state index in [0.717, 1.165) is 34.0 Å².